The SMILES string of the molecule is O=C(N[C@@H]1CCOC[C@H]1OCCO)c1cc(-c2ccsc2)n[nH]1. The van der Waals surface area contributed by atoms with Crippen molar-refractivity contribution < 1.29 is 19.4 Å². The monoisotopic (exact) mass is 337 g/mol. The molecule has 0 aromatic carbocycles. The summed E-state index contributed by atoms with van der Waals surface area (Å²) < 4.78 is 10.9. The van der Waals surface area contributed by atoms with Crippen LogP contribution < -0.4 is 5.32 Å². The molecule has 23 heavy (non-hydrogen) atoms. The summed E-state index contributed by atoms with van der Waals surface area (Å²) in [5.41, 5.74) is 2.15. The summed E-state index contributed by atoms with van der Waals surface area (Å²) in [6.07, 6.45) is 0.423. The number of aliphatic hydroxyl groups excluding tert-OH is 1. The fourth-order valence-corrected chi connectivity index (χ4v) is 3.14. The highest BCUT2D eigenvalue weighted by Gasteiger charge is 2.28. The molecule has 3 N–H and O–H groups in total. The molecule has 2 atom stereocenters. The molecule has 2 aromatic rings. The first-order valence-electron chi connectivity index (χ1n) is 7.47. The van der Waals surface area contributed by atoms with E-state index in [0.29, 0.717) is 25.3 Å². The lowest BCUT2D eigenvalue weighted by Gasteiger charge is -2.31. The lowest BCUT2D eigenvalue weighted by Crippen LogP contribution is -2.50. The highest BCUT2D eigenvalue weighted by Crippen LogP contribution is 2.20. The molecule has 7 nitrogen and oxygen atoms in total. The number of aliphatic hydroxyl groups is 1. The first kappa shape index (κ1) is 16.1. The largest absolute Gasteiger partial charge is 0.394 e. The number of ether oxygens (including phenoxy) is 2. The molecule has 1 aliphatic heterocycles. The molecule has 0 radical (unpaired) electrons. The van der Waals surface area contributed by atoms with Gasteiger partial charge in [-0.15, -0.1) is 0 Å². The smallest absolute Gasteiger partial charge is 0.269 e. The number of nitrogens with zero attached hydrogens (tertiary/aromatic N) is 1. The van der Waals surface area contributed by atoms with Crippen molar-refractivity contribution in [2.24, 2.45) is 0 Å². The summed E-state index contributed by atoms with van der Waals surface area (Å²) in [5, 5.41) is 22.7. The van der Waals surface area contributed by atoms with Crippen LogP contribution in [-0.4, -0.2) is 59.8 Å². The predicted molar refractivity (Wildman–Crippen MR) is 85.4 cm³/mol. The van der Waals surface area contributed by atoms with Crippen LogP contribution in [0.2, 0.25) is 0 Å². The van der Waals surface area contributed by atoms with Crippen molar-refractivity contribution >= 4 is 17.2 Å². The molecule has 0 saturated carbocycles. The van der Waals surface area contributed by atoms with Crippen molar-refractivity contribution in [3.05, 3.63) is 28.6 Å². The molecule has 0 bridgehead atoms. The zero-order valence-corrected chi connectivity index (χ0v) is 13.3. The summed E-state index contributed by atoms with van der Waals surface area (Å²) >= 11 is 1.58. The molecule has 2 aromatic heterocycles. The van der Waals surface area contributed by atoms with E-state index in [0.717, 1.165) is 11.3 Å². The average Bonchev–Trinajstić information content (AvgIpc) is 3.24. The Labute approximate surface area is 137 Å². The molecule has 3 heterocycles. The third-order valence-corrected chi connectivity index (χ3v) is 4.37. The average molecular weight is 337 g/mol. The maximum atomic E-state index is 12.4. The van der Waals surface area contributed by atoms with Crippen molar-refractivity contribution in [1.82, 2.24) is 15.5 Å². The van der Waals surface area contributed by atoms with E-state index in [4.69, 9.17) is 14.6 Å². The van der Waals surface area contributed by atoms with Gasteiger partial charge in [-0.25, -0.2) is 0 Å². The topological polar surface area (TPSA) is 96.5 Å². The molecule has 8 heteroatoms. The summed E-state index contributed by atoms with van der Waals surface area (Å²) in [7, 11) is 0. The van der Waals surface area contributed by atoms with Crippen LogP contribution >= 0.6 is 11.3 Å². The van der Waals surface area contributed by atoms with Crippen LogP contribution in [0.3, 0.4) is 0 Å². The Hall–Kier alpha value is -1.74. The van der Waals surface area contributed by atoms with Crippen molar-refractivity contribution in [3.63, 3.8) is 0 Å². The van der Waals surface area contributed by atoms with Crippen molar-refractivity contribution in [3.8, 4) is 11.3 Å². The predicted octanol–water partition coefficient (Wildman–Crippen LogP) is 1.03. The summed E-state index contributed by atoms with van der Waals surface area (Å²) in [4.78, 5) is 12.4. The molecular formula is C15H19N3O4S. The second-order valence-electron chi connectivity index (χ2n) is 5.26. The maximum Gasteiger partial charge on any atom is 0.269 e. The quantitative estimate of drug-likeness (QED) is 0.732. The third kappa shape index (κ3) is 3.97. The Bertz CT molecular complexity index is 628. The van der Waals surface area contributed by atoms with E-state index in [1.54, 1.807) is 17.4 Å². The highest BCUT2D eigenvalue weighted by atomic mass is 32.1. The molecule has 1 saturated heterocycles. The van der Waals surface area contributed by atoms with Gasteiger partial charge in [0.2, 0.25) is 0 Å². The van der Waals surface area contributed by atoms with Gasteiger partial charge in [0, 0.05) is 17.6 Å². The van der Waals surface area contributed by atoms with E-state index in [-0.39, 0.29) is 31.3 Å². The van der Waals surface area contributed by atoms with Gasteiger partial charge >= 0.3 is 0 Å². The van der Waals surface area contributed by atoms with Gasteiger partial charge in [-0.1, -0.05) is 0 Å². The van der Waals surface area contributed by atoms with Crippen LogP contribution in [-0.2, 0) is 9.47 Å². The Morgan fingerprint density at radius 3 is 3.30 bits per heavy atom. The lowest BCUT2D eigenvalue weighted by atomic mass is 10.1. The number of hydrogen-bond donors (Lipinski definition) is 3. The number of rotatable bonds is 6. The van der Waals surface area contributed by atoms with Crippen LogP contribution in [0.25, 0.3) is 11.3 Å². The molecule has 1 amide bonds. The summed E-state index contributed by atoms with van der Waals surface area (Å²) in [6.45, 7) is 1.16. The van der Waals surface area contributed by atoms with E-state index in [9.17, 15) is 4.79 Å². The van der Waals surface area contributed by atoms with Gasteiger partial charge in [0.1, 0.15) is 11.8 Å². The van der Waals surface area contributed by atoms with Crippen LogP contribution in [0.5, 0.6) is 0 Å². The highest BCUT2D eigenvalue weighted by molar-refractivity contribution is 7.08. The van der Waals surface area contributed by atoms with Gasteiger partial charge in [0.15, 0.2) is 0 Å². The van der Waals surface area contributed by atoms with Crippen LogP contribution in [0.4, 0.5) is 0 Å². The number of thiophene rings is 1. The zero-order chi connectivity index (χ0) is 16.1. The number of carbonyl (C=O) groups excluding carboxylic acids is 1. The Morgan fingerprint density at radius 1 is 1.61 bits per heavy atom. The molecule has 1 aliphatic rings. The van der Waals surface area contributed by atoms with Gasteiger partial charge < -0.3 is 19.9 Å². The Morgan fingerprint density at radius 2 is 2.52 bits per heavy atom. The second-order valence-corrected chi connectivity index (χ2v) is 6.04. The van der Waals surface area contributed by atoms with E-state index in [2.05, 4.69) is 15.5 Å². The standard InChI is InChI=1S/C15H19N3O4S/c19-3-5-22-14-8-21-4-1-11(14)16-15(20)13-7-12(17-18-13)10-2-6-23-9-10/h2,6-7,9,11,14,19H,1,3-5,8H2,(H,16,20)(H,17,18)/t11-,14-/m1/s1. The first-order valence-corrected chi connectivity index (χ1v) is 8.41. The van der Waals surface area contributed by atoms with Gasteiger partial charge in [0.05, 0.1) is 31.6 Å². The normalized spacial score (nSPS) is 21.3. The minimum absolute atomic E-state index is 0.0539. The minimum atomic E-state index is -0.251. The van der Waals surface area contributed by atoms with Crippen molar-refractivity contribution in [2.75, 3.05) is 26.4 Å². The molecular weight excluding hydrogens is 318 g/mol. The number of H-pyrrole nitrogens is 1. The van der Waals surface area contributed by atoms with Crippen LogP contribution in [0.1, 0.15) is 16.9 Å². The maximum absolute atomic E-state index is 12.4. The zero-order valence-electron chi connectivity index (χ0n) is 12.5. The second kappa shape index (κ2) is 7.69. The van der Waals surface area contributed by atoms with E-state index >= 15 is 0 Å². The van der Waals surface area contributed by atoms with Gasteiger partial charge in [0.25, 0.3) is 5.91 Å². The van der Waals surface area contributed by atoms with Crippen molar-refractivity contribution in [1.29, 1.82) is 0 Å². The van der Waals surface area contributed by atoms with Gasteiger partial charge in [-0.2, -0.15) is 16.4 Å². The molecule has 124 valence electrons. The van der Waals surface area contributed by atoms with Crippen LogP contribution in [0, 0.1) is 0 Å². The Kier molecular flexibility index (Phi) is 5.39. The number of aromatic amines is 1. The van der Waals surface area contributed by atoms with Gasteiger partial charge in [-0.3, -0.25) is 9.89 Å². The fourth-order valence-electron chi connectivity index (χ4n) is 2.49. The molecule has 0 unspecified atom stereocenters. The Balaban J connectivity index is 1.63. The number of amides is 1. The summed E-state index contributed by atoms with van der Waals surface area (Å²) in [6, 6.07) is 3.55. The lowest BCUT2D eigenvalue weighted by molar-refractivity contribution is -0.0737. The van der Waals surface area contributed by atoms with Crippen molar-refractivity contribution in [2.45, 2.75) is 18.6 Å². The first-order chi connectivity index (χ1) is 11.3. The van der Waals surface area contributed by atoms with Crippen LogP contribution in [0.15, 0.2) is 22.9 Å². The molecule has 3 rings (SSSR count). The number of carbonyl (C=O) groups is 1. The molecule has 1 fully saturated rings. The fraction of sp³-hybridized carbons (Fsp3) is 0.467. The number of aromatic nitrogens is 2. The summed E-state index contributed by atoms with van der Waals surface area (Å²) in [5.74, 6) is -0.219. The minimum Gasteiger partial charge on any atom is -0.394 e. The molecule has 0 spiro atoms. The molecule has 0 aliphatic carbocycles. The van der Waals surface area contributed by atoms with Gasteiger partial charge in [-0.05, 0) is 23.9 Å². The van der Waals surface area contributed by atoms with E-state index < -0.39 is 0 Å². The number of nitrogens with one attached hydrogen (secondary N) is 2. The number of hydrogen-bond acceptors (Lipinski definition) is 6. The third-order valence-electron chi connectivity index (χ3n) is 3.68. The van der Waals surface area contributed by atoms with E-state index in [1.807, 2.05) is 16.8 Å². The van der Waals surface area contributed by atoms with E-state index in [1.165, 1.54) is 0 Å².